The lowest BCUT2D eigenvalue weighted by Crippen LogP contribution is -2.30. The number of carbonyl (C=O) groups excluding carboxylic acids is 1. The van der Waals surface area contributed by atoms with Crippen LogP contribution < -0.4 is 20.1 Å². The van der Waals surface area contributed by atoms with Crippen LogP contribution in [0.3, 0.4) is 0 Å². The Bertz CT molecular complexity index is 515. The number of amides is 1. The smallest absolute Gasteiger partial charge is 0.231 e. The zero-order valence-corrected chi connectivity index (χ0v) is 11.8. The Morgan fingerprint density at radius 1 is 1.30 bits per heavy atom. The van der Waals surface area contributed by atoms with Crippen molar-refractivity contribution in [3.05, 3.63) is 17.2 Å². The minimum atomic E-state index is -0.00216. The fraction of sp³-hybridized carbons (Fsp3) is 0.500. The first-order chi connectivity index (χ1) is 9.72. The van der Waals surface area contributed by atoms with Gasteiger partial charge >= 0.3 is 0 Å². The zero-order chi connectivity index (χ0) is 13.9. The standard InChI is InChI=1S/C14H17ClN2O3/c15-10-6-12-13(20-8-19-12)7-11(10)17-14(18)5-9-1-3-16-4-2-9/h6-7,9,16H,1-5,8H2,(H,17,18). The fourth-order valence-corrected chi connectivity index (χ4v) is 2.76. The molecule has 1 fully saturated rings. The van der Waals surface area contributed by atoms with Crippen molar-refractivity contribution in [2.75, 3.05) is 25.2 Å². The van der Waals surface area contributed by atoms with Crippen molar-refractivity contribution in [1.29, 1.82) is 0 Å². The van der Waals surface area contributed by atoms with Crippen LogP contribution in [-0.4, -0.2) is 25.8 Å². The molecule has 108 valence electrons. The van der Waals surface area contributed by atoms with Crippen LogP contribution in [0.2, 0.25) is 5.02 Å². The molecule has 0 atom stereocenters. The summed E-state index contributed by atoms with van der Waals surface area (Å²) in [5.74, 6) is 1.68. The van der Waals surface area contributed by atoms with Crippen molar-refractivity contribution in [2.24, 2.45) is 5.92 Å². The van der Waals surface area contributed by atoms with E-state index < -0.39 is 0 Å². The first-order valence-corrected chi connectivity index (χ1v) is 7.20. The van der Waals surface area contributed by atoms with E-state index in [1.807, 2.05) is 0 Å². The molecule has 1 aromatic carbocycles. The number of anilines is 1. The van der Waals surface area contributed by atoms with Crippen LogP contribution in [0.4, 0.5) is 5.69 Å². The Kier molecular flexibility index (Phi) is 3.98. The molecule has 0 saturated carbocycles. The van der Waals surface area contributed by atoms with E-state index in [4.69, 9.17) is 21.1 Å². The van der Waals surface area contributed by atoms with Crippen molar-refractivity contribution in [3.63, 3.8) is 0 Å². The van der Waals surface area contributed by atoms with Crippen molar-refractivity contribution >= 4 is 23.2 Å². The van der Waals surface area contributed by atoms with Gasteiger partial charge in [0.1, 0.15) is 0 Å². The summed E-state index contributed by atoms with van der Waals surface area (Å²) in [6, 6.07) is 3.38. The molecule has 2 aliphatic heterocycles. The lowest BCUT2D eigenvalue weighted by Gasteiger charge is -2.22. The predicted molar refractivity (Wildman–Crippen MR) is 76.4 cm³/mol. The van der Waals surface area contributed by atoms with Gasteiger partial charge in [0.25, 0.3) is 0 Å². The lowest BCUT2D eigenvalue weighted by atomic mass is 9.94. The molecule has 6 heteroatoms. The van der Waals surface area contributed by atoms with Crippen molar-refractivity contribution in [3.8, 4) is 11.5 Å². The quantitative estimate of drug-likeness (QED) is 0.899. The number of benzene rings is 1. The molecule has 5 nitrogen and oxygen atoms in total. The number of nitrogens with one attached hydrogen (secondary N) is 2. The number of piperidine rings is 1. The Labute approximate surface area is 122 Å². The summed E-state index contributed by atoms with van der Waals surface area (Å²) < 4.78 is 10.5. The van der Waals surface area contributed by atoms with E-state index in [1.165, 1.54) is 0 Å². The second kappa shape index (κ2) is 5.89. The number of hydrogen-bond acceptors (Lipinski definition) is 4. The molecule has 0 spiro atoms. The Morgan fingerprint density at radius 2 is 2.00 bits per heavy atom. The monoisotopic (exact) mass is 296 g/mol. The molecular formula is C14H17ClN2O3. The van der Waals surface area contributed by atoms with Gasteiger partial charge in [0.2, 0.25) is 12.7 Å². The molecule has 2 heterocycles. The molecule has 0 aliphatic carbocycles. The fourth-order valence-electron chi connectivity index (χ4n) is 2.56. The second-order valence-corrected chi connectivity index (χ2v) is 5.54. The number of rotatable bonds is 3. The van der Waals surface area contributed by atoms with Crippen LogP contribution in [0.1, 0.15) is 19.3 Å². The molecule has 0 unspecified atom stereocenters. The topological polar surface area (TPSA) is 59.6 Å². The van der Waals surface area contributed by atoms with Gasteiger partial charge < -0.3 is 20.1 Å². The number of hydrogen-bond donors (Lipinski definition) is 2. The molecule has 0 radical (unpaired) electrons. The van der Waals surface area contributed by atoms with E-state index in [2.05, 4.69) is 10.6 Å². The maximum absolute atomic E-state index is 12.1. The minimum Gasteiger partial charge on any atom is -0.454 e. The highest BCUT2D eigenvalue weighted by atomic mass is 35.5. The molecule has 0 aromatic heterocycles. The Morgan fingerprint density at radius 3 is 2.75 bits per heavy atom. The summed E-state index contributed by atoms with van der Waals surface area (Å²) in [6.45, 7) is 2.17. The van der Waals surface area contributed by atoms with Gasteiger partial charge in [-0.1, -0.05) is 11.6 Å². The predicted octanol–water partition coefficient (Wildman–Crippen LogP) is 2.40. The van der Waals surface area contributed by atoms with Crippen LogP contribution >= 0.6 is 11.6 Å². The normalized spacial score (nSPS) is 18.1. The second-order valence-electron chi connectivity index (χ2n) is 5.13. The number of halogens is 1. The van der Waals surface area contributed by atoms with Crippen LogP contribution in [0.25, 0.3) is 0 Å². The van der Waals surface area contributed by atoms with E-state index in [9.17, 15) is 4.79 Å². The van der Waals surface area contributed by atoms with E-state index in [0.717, 1.165) is 25.9 Å². The van der Waals surface area contributed by atoms with Gasteiger partial charge in [-0.15, -0.1) is 0 Å². The molecule has 1 amide bonds. The molecule has 1 aromatic rings. The molecule has 3 rings (SSSR count). The van der Waals surface area contributed by atoms with E-state index in [0.29, 0.717) is 34.5 Å². The molecule has 1 saturated heterocycles. The summed E-state index contributed by atoms with van der Waals surface area (Å²) in [5, 5.41) is 6.62. The van der Waals surface area contributed by atoms with E-state index in [1.54, 1.807) is 12.1 Å². The molecule has 2 aliphatic rings. The summed E-state index contributed by atoms with van der Waals surface area (Å²) in [4.78, 5) is 12.1. The summed E-state index contributed by atoms with van der Waals surface area (Å²) >= 11 is 6.13. The van der Waals surface area contributed by atoms with Gasteiger partial charge in [-0.25, -0.2) is 0 Å². The summed E-state index contributed by atoms with van der Waals surface area (Å²) in [6.07, 6.45) is 2.62. The number of fused-ring (bicyclic) bond motifs is 1. The lowest BCUT2D eigenvalue weighted by molar-refractivity contribution is -0.117. The minimum absolute atomic E-state index is 0.00216. The van der Waals surface area contributed by atoms with Gasteiger partial charge in [-0.3, -0.25) is 4.79 Å². The largest absolute Gasteiger partial charge is 0.454 e. The van der Waals surface area contributed by atoms with Gasteiger partial charge in [-0.2, -0.15) is 0 Å². The Balaban J connectivity index is 1.63. The average molecular weight is 297 g/mol. The van der Waals surface area contributed by atoms with Gasteiger partial charge in [0.05, 0.1) is 10.7 Å². The first-order valence-electron chi connectivity index (χ1n) is 6.82. The maximum atomic E-state index is 12.1. The summed E-state index contributed by atoms with van der Waals surface area (Å²) in [7, 11) is 0. The van der Waals surface area contributed by atoms with Crippen LogP contribution in [-0.2, 0) is 4.79 Å². The van der Waals surface area contributed by atoms with E-state index in [-0.39, 0.29) is 12.7 Å². The zero-order valence-electron chi connectivity index (χ0n) is 11.1. The highest BCUT2D eigenvalue weighted by Crippen LogP contribution is 2.39. The summed E-state index contributed by atoms with van der Waals surface area (Å²) in [5.41, 5.74) is 0.579. The third-order valence-corrected chi connectivity index (χ3v) is 3.98. The van der Waals surface area contributed by atoms with Crippen molar-refractivity contribution < 1.29 is 14.3 Å². The highest BCUT2D eigenvalue weighted by molar-refractivity contribution is 6.34. The van der Waals surface area contributed by atoms with Crippen molar-refractivity contribution in [2.45, 2.75) is 19.3 Å². The van der Waals surface area contributed by atoms with Crippen molar-refractivity contribution in [1.82, 2.24) is 5.32 Å². The number of carbonyl (C=O) groups is 1. The van der Waals surface area contributed by atoms with Crippen LogP contribution in [0, 0.1) is 5.92 Å². The first kappa shape index (κ1) is 13.5. The molecule has 0 bridgehead atoms. The maximum Gasteiger partial charge on any atom is 0.231 e. The molecular weight excluding hydrogens is 280 g/mol. The van der Waals surface area contributed by atoms with Crippen LogP contribution in [0.5, 0.6) is 11.5 Å². The third-order valence-electron chi connectivity index (χ3n) is 3.67. The Hall–Kier alpha value is -1.46. The van der Waals surface area contributed by atoms with Gasteiger partial charge in [0.15, 0.2) is 11.5 Å². The van der Waals surface area contributed by atoms with E-state index >= 15 is 0 Å². The van der Waals surface area contributed by atoms with Gasteiger partial charge in [0, 0.05) is 18.6 Å². The third kappa shape index (κ3) is 2.99. The SMILES string of the molecule is O=C(CC1CCNCC1)Nc1cc2c(cc1Cl)OCO2. The molecule has 2 N–H and O–H groups in total. The highest BCUT2D eigenvalue weighted by Gasteiger charge is 2.20. The number of ether oxygens (including phenoxy) is 2. The molecule has 20 heavy (non-hydrogen) atoms. The van der Waals surface area contributed by atoms with Crippen LogP contribution in [0.15, 0.2) is 12.1 Å². The van der Waals surface area contributed by atoms with Gasteiger partial charge in [-0.05, 0) is 31.8 Å². The average Bonchev–Trinajstić information content (AvgIpc) is 2.87.